The Morgan fingerprint density at radius 1 is 1.30 bits per heavy atom. The molecule has 2 rings (SSSR count). The molecule has 1 aliphatic carbocycles. The Morgan fingerprint density at radius 3 is 2.60 bits per heavy atom. The van der Waals surface area contributed by atoms with Crippen molar-refractivity contribution in [2.75, 3.05) is 6.54 Å². The third-order valence-corrected chi connectivity index (χ3v) is 5.85. The zero-order valence-corrected chi connectivity index (χ0v) is 13.9. The molecule has 1 saturated carbocycles. The molecule has 1 aliphatic rings. The van der Waals surface area contributed by atoms with Gasteiger partial charge in [-0.15, -0.1) is 0 Å². The van der Waals surface area contributed by atoms with Crippen LogP contribution in [0, 0.1) is 6.92 Å². The molecule has 0 amide bonds. The summed E-state index contributed by atoms with van der Waals surface area (Å²) in [6.07, 6.45) is 4.34. The Kier molecular flexibility index (Phi) is 4.89. The molecule has 6 heteroatoms. The van der Waals surface area contributed by atoms with Crippen LogP contribution in [0.25, 0.3) is 0 Å². The van der Waals surface area contributed by atoms with Crippen molar-refractivity contribution in [2.24, 2.45) is 0 Å². The summed E-state index contributed by atoms with van der Waals surface area (Å²) in [4.78, 5) is 0.256. The summed E-state index contributed by atoms with van der Waals surface area (Å²) >= 11 is 3.29. The SMILES string of the molecule is Cc1ccc(Br)cc1S(=O)(=O)NCC1(O)CCCCC1. The molecule has 20 heavy (non-hydrogen) atoms. The first kappa shape index (κ1) is 15.9. The Morgan fingerprint density at radius 2 is 1.95 bits per heavy atom. The van der Waals surface area contributed by atoms with Crippen molar-refractivity contribution >= 4 is 26.0 Å². The van der Waals surface area contributed by atoms with Gasteiger partial charge in [0.15, 0.2) is 0 Å². The largest absolute Gasteiger partial charge is 0.389 e. The maximum absolute atomic E-state index is 12.3. The second-order valence-electron chi connectivity index (χ2n) is 5.52. The van der Waals surface area contributed by atoms with Crippen molar-refractivity contribution in [3.63, 3.8) is 0 Å². The summed E-state index contributed by atoms with van der Waals surface area (Å²) in [5, 5.41) is 10.4. The van der Waals surface area contributed by atoms with Crippen LogP contribution in [0.5, 0.6) is 0 Å². The maximum atomic E-state index is 12.3. The number of halogens is 1. The number of sulfonamides is 1. The lowest BCUT2D eigenvalue weighted by molar-refractivity contribution is 0.00945. The third-order valence-electron chi connectivity index (χ3n) is 3.82. The highest BCUT2D eigenvalue weighted by atomic mass is 79.9. The monoisotopic (exact) mass is 361 g/mol. The smallest absolute Gasteiger partial charge is 0.240 e. The molecule has 0 radical (unpaired) electrons. The van der Waals surface area contributed by atoms with E-state index in [-0.39, 0.29) is 11.4 Å². The molecule has 0 heterocycles. The van der Waals surface area contributed by atoms with Crippen molar-refractivity contribution in [3.05, 3.63) is 28.2 Å². The Bertz CT molecular complexity index is 580. The van der Waals surface area contributed by atoms with Crippen LogP contribution in [0.4, 0.5) is 0 Å². The minimum atomic E-state index is -3.59. The predicted octanol–water partition coefficient (Wildman–Crippen LogP) is 2.73. The molecule has 0 spiro atoms. The summed E-state index contributed by atoms with van der Waals surface area (Å²) in [6, 6.07) is 5.15. The van der Waals surface area contributed by atoms with E-state index in [1.165, 1.54) is 0 Å². The zero-order chi connectivity index (χ0) is 14.8. The number of rotatable bonds is 4. The van der Waals surface area contributed by atoms with Crippen LogP contribution < -0.4 is 4.72 Å². The van der Waals surface area contributed by atoms with Gasteiger partial charge in [-0.25, -0.2) is 13.1 Å². The fraction of sp³-hybridized carbons (Fsp3) is 0.571. The fourth-order valence-electron chi connectivity index (χ4n) is 2.56. The van der Waals surface area contributed by atoms with Crippen LogP contribution in [0.15, 0.2) is 27.6 Å². The van der Waals surface area contributed by atoms with Crippen LogP contribution in [0.2, 0.25) is 0 Å². The molecule has 1 aromatic carbocycles. The number of hydrogen-bond donors (Lipinski definition) is 2. The summed E-state index contributed by atoms with van der Waals surface area (Å²) in [5.74, 6) is 0. The van der Waals surface area contributed by atoms with Gasteiger partial charge in [-0.05, 0) is 37.5 Å². The highest BCUT2D eigenvalue weighted by Gasteiger charge is 2.31. The minimum absolute atomic E-state index is 0.0846. The van der Waals surface area contributed by atoms with E-state index in [2.05, 4.69) is 20.7 Å². The summed E-state index contributed by atoms with van der Waals surface area (Å²) in [7, 11) is -3.59. The highest BCUT2D eigenvalue weighted by molar-refractivity contribution is 9.10. The number of nitrogens with one attached hydrogen (secondary N) is 1. The fourth-order valence-corrected chi connectivity index (χ4v) is 4.46. The Hall–Kier alpha value is -0.430. The molecule has 1 fully saturated rings. The molecule has 2 N–H and O–H groups in total. The normalized spacial score (nSPS) is 18.9. The predicted molar refractivity (Wildman–Crippen MR) is 82.1 cm³/mol. The lowest BCUT2D eigenvalue weighted by atomic mass is 9.85. The van der Waals surface area contributed by atoms with Crippen LogP contribution >= 0.6 is 15.9 Å². The molecule has 0 atom stereocenters. The summed E-state index contributed by atoms with van der Waals surface area (Å²) in [6.45, 7) is 1.84. The van der Waals surface area contributed by atoms with Gasteiger partial charge in [0.2, 0.25) is 10.0 Å². The van der Waals surface area contributed by atoms with Gasteiger partial charge >= 0.3 is 0 Å². The van der Waals surface area contributed by atoms with Crippen molar-refractivity contribution in [3.8, 4) is 0 Å². The number of benzene rings is 1. The van der Waals surface area contributed by atoms with Crippen LogP contribution in [-0.4, -0.2) is 25.7 Å². The summed E-state index contributed by atoms with van der Waals surface area (Å²) in [5.41, 5.74) is -0.207. The Balaban J connectivity index is 2.13. The van der Waals surface area contributed by atoms with Gasteiger partial charge in [0.05, 0.1) is 10.5 Å². The van der Waals surface area contributed by atoms with E-state index in [9.17, 15) is 13.5 Å². The first-order valence-electron chi connectivity index (χ1n) is 6.81. The van der Waals surface area contributed by atoms with Crippen LogP contribution in [-0.2, 0) is 10.0 Å². The second kappa shape index (κ2) is 6.13. The van der Waals surface area contributed by atoms with Gasteiger partial charge in [-0.3, -0.25) is 0 Å². The van der Waals surface area contributed by atoms with Crippen LogP contribution in [0.3, 0.4) is 0 Å². The molecule has 0 aliphatic heterocycles. The van der Waals surface area contributed by atoms with E-state index in [1.54, 1.807) is 19.1 Å². The van der Waals surface area contributed by atoms with E-state index in [4.69, 9.17) is 0 Å². The van der Waals surface area contributed by atoms with Gasteiger partial charge < -0.3 is 5.11 Å². The first-order chi connectivity index (χ1) is 9.32. The average molecular weight is 362 g/mol. The average Bonchev–Trinajstić information content (AvgIpc) is 2.40. The van der Waals surface area contributed by atoms with Crippen molar-refractivity contribution in [1.82, 2.24) is 4.72 Å². The quantitative estimate of drug-likeness (QED) is 0.866. The molecule has 0 saturated heterocycles. The van der Waals surface area contributed by atoms with Crippen LogP contribution in [0.1, 0.15) is 37.7 Å². The molecular formula is C14H20BrNO3S. The van der Waals surface area contributed by atoms with Gasteiger partial charge in [0, 0.05) is 11.0 Å². The molecule has 1 aromatic rings. The second-order valence-corrected chi connectivity index (χ2v) is 8.17. The van der Waals surface area contributed by atoms with E-state index in [0.29, 0.717) is 18.4 Å². The van der Waals surface area contributed by atoms with E-state index < -0.39 is 15.6 Å². The molecule has 112 valence electrons. The zero-order valence-electron chi connectivity index (χ0n) is 11.5. The van der Waals surface area contributed by atoms with E-state index in [1.807, 2.05) is 6.07 Å². The van der Waals surface area contributed by atoms with Gasteiger partial charge in [-0.1, -0.05) is 41.3 Å². The topological polar surface area (TPSA) is 66.4 Å². The van der Waals surface area contributed by atoms with Crippen molar-refractivity contribution in [2.45, 2.75) is 49.5 Å². The Labute approximate surface area is 128 Å². The minimum Gasteiger partial charge on any atom is -0.389 e. The molecular weight excluding hydrogens is 342 g/mol. The van der Waals surface area contributed by atoms with Gasteiger partial charge in [0.25, 0.3) is 0 Å². The molecule has 0 unspecified atom stereocenters. The highest BCUT2D eigenvalue weighted by Crippen LogP contribution is 2.28. The number of aliphatic hydroxyl groups is 1. The van der Waals surface area contributed by atoms with E-state index in [0.717, 1.165) is 23.7 Å². The van der Waals surface area contributed by atoms with Gasteiger partial charge in [0.1, 0.15) is 0 Å². The first-order valence-corrected chi connectivity index (χ1v) is 9.08. The number of aryl methyl sites for hydroxylation is 1. The molecule has 4 nitrogen and oxygen atoms in total. The summed E-state index contributed by atoms with van der Waals surface area (Å²) < 4.78 is 28.0. The third kappa shape index (κ3) is 3.81. The molecule has 0 bridgehead atoms. The van der Waals surface area contributed by atoms with Gasteiger partial charge in [-0.2, -0.15) is 0 Å². The number of hydrogen-bond acceptors (Lipinski definition) is 3. The standard InChI is InChI=1S/C14H20BrNO3S/c1-11-5-6-12(15)9-13(11)20(18,19)16-10-14(17)7-3-2-4-8-14/h5-6,9,16-17H,2-4,7-8,10H2,1H3. The van der Waals surface area contributed by atoms with Crippen molar-refractivity contribution in [1.29, 1.82) is 0 Å². The van der Waals surface area contributed by atoms with E-state index >= 15 is 0 Å². The lowest BCUT2D eigenvalue weighted by Crippen LogP contribution is -2.44. The lowest BCUT2D eigenvalue weighted by Gasteiger charge is -2.32. The molecule has 0 aromatic heterocycles. The van der Waals surface area contributed by atoms with Crippen molar-refractivity contribution < 1.29 is 13.5 Å². The maximum Gasteiger partial charge on any atom is 0.240 e.